The zero-order valence-corrected chi connectivity index (χ0v) is 23.1. The van der Waals surface area contributed by atoms with E-state index in [9.17, 15) is 15.0 Å². The van der Waals surface area contributed by atoms with Crippen LogP contribution in [0, 0.1) is 0 Å². The molecule has 2 aromatic heterocycles. The Kier molecular flexibility index (Phi) is 10.9. The summed E-state index contributed by atoms with van der Waals surface area (Å²) in [6.45, 7) is 7.85. The van der Waals surface area contributed by atoms with E-state index in [4.69, 9.17) is 4.74 Å². The number of carbonyl (C=O) groups is 1. The van der Waals surface area contributed by atoms with Crippen LogP contribution in [0.1, 0.15) is 62.5 Å². The number of allylic oxidation sites excluding steroid dienone is 3. The van der Waals surface area contributed by atoms with Crippen LogP contribution in [0.5, 0.6) is 11.8 Å². The molecule has 1 unspecified atom stereocenters. The SMILES string of the molecule is C=CCCCCCCCCC(=O)OC(CN1CCN(c2ccccn2)CC1)Cn1c(O)c2c(c1O)CC=CC2. The van der Waals surface area contributed by atoms with E-state index >= 15 is 0 Å². The zero-order chi connectivity index (χ0) is 27.5. The van der Waals surface area contributed by atoms with Crippen LogP contribution >= 0.6 is 0 Å². The summed E-state index contributed by atoms with van der Waals surface area (Å²) in [7, 11) is 0. The van der Waals surface area contributed by atoms with Crippen LogP contribution in [0.2, 0.25) is 0 Å². The highest BCUT2D eigenvalue weighted by Crippen LogP contribution is 2.37. The number of unbranched alkanes of at least 4 members (excludes halogenated alkanes) is 6. The summed E-state index contributed by atoms with van der Waals surface area (Å²) in [6.07, 6.45) is 16.5. The molecule has 39 heavy (non-hydrogen) atoms. The van der Waals surface area contributed by atoms with Crippen molar-refractivity contribution in [3.63, 3.8) is 0 Å². The van der Waals surface area contributed by atoms with Crippen LogP contribution in [0.4, 0.5) is 5.82 Å². The molecule has 1 saturated heterocycles. The fourth-order valence-electron chi connectivity index (χ4n) is 5.53. The van der Waals surface area contributed by atoms with Gasteiger partial charge in [0.2, 0.25) is 0 Å². The van der Waals surface area contributed by atoms with E-state index in [2.05, 4.69) is 21.4 Å². The number of ether oxygens (including phenoxy) is 1. The second-order valence-electron chi connectivity index (χ2n) is 10.6. The molecule has 0 amide bonds. The van der Waals surface area contributed by atoms with Crippen molar-refractivity contribution in [1.82, 2.24) is 14.5 Å². The molecule has 1 fully saturated rings. The van der Waals surface area contributed by atoms with Crippen LogP contribution in [0.3, 0.4) is 0 Å². The van der Waals surface area contributed by atoms with Crippen LogP contribution in [0.15, 0.2) is 49.2 Å². The third-order valence-electron chi connectivity index (χ3n) is 7.76. The summed E-state index contributed by atoms with van der Waals surface area (Å²) in [5.74, 6) is 0.909. The normalized spacial score (nSPS) is 16.2. The molecular weight excluding hydrogens is 492 g/mol. The Morgan fingerprint density at radius 3 is 2.26 bits per heavy atom. The van der Waals surface area contributed by atoms with E-state index in [0.29, 0.717) is 25.8 Å². The number of carbonyl (C=O) groups excluding carboxylic acids is 1. The highest BCUT2D eigenvalue weighted by Gasteiger charge is 2.28. The van der Waals surface area contributed by atoms with Gasteiger partial charge in [0.25, 0.3) is 0 Å². The van der Waals surface area contributed by atoms with Gasteiger partial charge in [-0.05, 0) is 44.2 Å². The number of hydrogen-bond donors (Lipinski definition) is 2. The quantitative estimate of drug-likeness (QED) is 0.188. The maximum atomic E-state index is 12.8. The van der Waals surface area contributed by atoms with Gasteiger partial charge < -0.3 is 19.8 Å². The Hall–Kier alpha value is -3.26. The fraction of sp³-hybridized carbons (Fsp3) is 0.548. The van der Waals surface area contributed by atoms with E-state index in [1.54, 1.807) is 0 Å². The molecule has 1 aliphatic carbocycles. The van der Waals surface area contributed by atoms with Gasteiger partial charge in [-0.25, -0.2) is 4.98 Å². The molecule has 212 valence electrons. The van der Waals surface area contributed by atoms with E-state index in [-0.39, 0.29) is 24.3 Å². The van der Waals surface area contributed by atoms with Crippen molar-refractivity contribution in [2.24, 2.45) is 0 Å². The van der Waals surface area contributed by atoms with Crippen LogP contribution in [-0.4, -0.2) is 69.5 Å². The van der Waals surface area contributed by atoms with Crippen molar-refractivity contribution in [2.75, 3.05) is 37.6 Å². The van der Waals surface area contributed by atoms with Crippen molar-refractivity contribution >= 4 is 11.8 Å². The van der Waals surface area contributed by atoms with Crippen molar-refractivity contribution in [2.45, 2.75) is 76.9 Å². The number of fused-ring (bicyclic) bond motifs is 1. The third kappa shape index (κ3) is 8.12. The van der Waals surface area contributed by atoms with Gasteiger partial charge in [0.15, 0.2) is 11.8 Å². The monoisotopic (exact) mass is 536 g/mol. The summed E-state index contributed by atoms with van der Waals surface area (Å²) in [5, 5.41) is 21.8. The molecule has 1 atom stereocenters. The predicted molar refractivity (Wildman–Crippen MR) is 154 cm³/mol. The van der Waals surface area contributed by atoms with Crippen molar-refractivity contribution in [3.8, 4) is 11.8 Å². The number of anilines is 1. The number of esters is 1. The maximum Gasteiger partial charge on any atom is 0.306 e. The number of pyridine rings is 1. The summed E-state index contributed by atoms with van der Waals surface area (Å²) in [4.78, 5) is 21.9. The number of nitrogens with zero attached hydrogens (tertiary/aromatic N) is 4. The Bertz CT molecular complexity index is 1060. The summed E-state index contributed by atoms with van der Waals surface area (Å²) >= 11 is 0. The zero-order valence-electron chi connectivity index (χ0n) is 23.1. The standard InChI is InChI=1S/C31H44N4O4/c1-2-3-4-5-6-7-8-9-17-29(36)39-25(24-35-30(37)26-14-10-11-15-27(26)31(35)38)23-33-19-21-34(22-20-33)28-16-12-13-18-32-28/h2,10-13,16,18,25,37-38H,1,3-9,14-15,17,19-24H2. The Morgan fingerprint density at radius 2 is 1.62 bits per heavy atom. The molecule has 4 rings (SSSR count). The fourth-order valence-corrected chi connectivity index (χ4v) is 5.53. The van der Waals surface area contributed by atoms with Gasteiger partial charge in [-0.15, -0.1) is 6.58 Å². The first-order chi connectivity index (χ1) is 19.1. The topological polar surface area (TPSA) is 91.1 Å². The van der Waals surface area contributed by atoms with E-state index in [0.717, 1.165) is 68.8 Å². The molecule has 0 spiro atoms. The van der Waals surface area contributed by atoms with Crippen LogP contribution in [0.25, 0.3) is 0 Å². The molecular formula is C31H44N4O4. The first-order valence-electron chi connectivity index (χ1n) is 14.5. The van der Waals surface area contributed by atoms with E-state index in [1.165, 1.54) is 23.8 Å². The minimum absolute atomic E-state index is 0.0734. The molecule has 2 aliphatic rings. The van der Waals surface area contributed by atoms with Crippen molar-refractivity contribution < 1.29 is 19.7 Å². The summed E-state index contributed by atoms with van der Waals surface area (Å²) in [5.41, 5.74) is 1.52. The minimum Gasteiger partial charge on any atom is -0.494 e. The van der Waals surface area contributed by atoms with Gasteiger partial charge in [-0.3, -0.25) is 14.3 Å². The second-order valence-corrected chi connectivity index (χ2v) is 10.6. The molecule has 2 aromatic rings. The molecule has 8 heteroatoms. The van der Waals surface area contributed by atoms with Gasteiger partial charge in [-0.1, -0.05) is 50.0 Å². The van der Waals surface area contributed by atoms with Crippen molar-refractivity contribution in [1.29, 1.82) is 0 Å². The highest BCUT2D eigenvalue weighted by atomic mass is 16.5. The second kappa shape index (κ2) is 14.8. The largest absolute Gasteiger partial charge is 0.494 e. The molecule has 0 aromatic carbocycles. The molecule has 0 bridgehead atoms. The third-order valence-corrected chi connectivity index (χ3v) is 7.76. The Balaban J connectivity index is 1.33. The lowest BCUT2D eigenvalue weighted by Gasteiger charge is -2.37. The van der Waals surface area contributed by atoms with Gasteiger partial charge in [0.1, 0.15) is 11.9 Å². The molecule has 3 heterocycles. The Morgan fingerprint density at radius 1 is 0.949 bits per heavy atom. The number of aromatic hydroxyl groups is 2. The highest BCUT2D eigenvalue weighted by molar-refractivity contribution is 5.69. The first-order valence-corrected chi connectivity index (χ1v) is 14.5. The molecule has 2 N–H and O–H groups in total. The van der Waals surface area contributed by atoms with Crippen molar-refractivity contribution in [3.05, 3.63) is 60.3 Å². The lowest BCUT2D eigenvalue weighted by Crippen LogP contribution is -2.49. The molecule has 0 radical (unpaired) electrons. The molecule has 1 aliphatic heterocycles. The Labute approximate surface area is 232 Å². The number of hydrogen-bond acceptors (Lipinski definition) is 7. The van der Waals surface area contributed by atoms with Crippen LogP contribution < -0.4 is 4.90 Å². The van der Waals surface area contributed by atoms with E-state index < -0.39 is 6.10 Å². The molecule has 8 nitrogen and oxygen atoms in total. The lowest BCUT2D eigenvalue weighted by atomic mass is 10.0. The lowest BCUT2D eigenvalue weighted by molar-refractivity contribution is -0.151. The minimum atomic E-state index is -0.476. The average molecular weight is 537 g/mol. The van der Waals surface area contributed by atoms with Gasteiger partial charge in [0, 0.05) is 56.5 Å². The van der Waals surface area contributed by atoms with Gasteiger partial charge in [-0.2, -0.15) is 0 Å². The van der Waals surface area contributed by atoms with Gasteiger partial charge >= 0.3 is 5.97 Å². The number of piperazine rings is 1. The van der Waals surface area contributed by atoms with E-state index in [1.807, 2.05) is 42.6 Å². The average Bonchev–Trinajstić information content (AvgIpc) is 3.20. The predicted octanol–water partition coefficient (Wildman–Crippen LogP) is 4.99. The molecule has 0 saturated carbocycles. The van der Waals surface area contributed by atoms with Gasteiger partial charge in [0.05, 0.1) is 6.54 Å². The number of rotatable bonds is 15. The summed E-state index contributed by atoms with van der Waals surface area (Å²) in [6, 6.07) is 5.94. The maximum absolute atomic E-state index is 12.8. The number of aromatic nitrogens is 2. The smallest absolute Gasteiger partial charge is 0.306 e. The van der Waals surface area contributed by atoms with Crippen LogP contribution in [-0.2, 0) is 28.9 Å². The first kappa shape index (κ1) is 28.7. The summed E-state index contributed by atoms with van der Waals surface area (Å²) < 4.78 is 7.51.